The normalized spacial score (nSPS) is 11.6. The minimum atomic E-state index is 0.135. The van der Waals surface area contributed by atoms with Gasteiger partial charge in [-0.2, -0.15) is 9.97 Å². The van der Waals surface area contributed by atoms with Crippen molar-refractivity contribution in [2.24, 2.45) is 0 Å². The summed E-state index contributed by atoms with van der Waals surface area (Å²) in [5.41, 5.74) is 15.3. The molecule has 2 aromatic carbocycles. The number of hydrogen-bond donors (Lipinski definition) is 2. The van der Waals surface area contributed by atoms with E-state index in [2.05, 4.69) is 51.4 Å². The number of fused-ring (bicyclic) bond motifs is 2. The van der Waals surface area contributed by atoms with Gasteiger partial charge >= 0.3 is 0 Å². The summed E-state index contributed by atoms with van der Waals surface area (Å²) < 4.78 is 0. The maximum atomic E-state index is 6.01. The van der Waals surface area contributed by atoms with Gasteiger partial charge in [0, 0.05) is 6.20 Å². The Kier molecular flexibility index (Phi) is 3.54. The lowest BCUT2D eigenvalue weighted by atomic mass is 10.0. The molecule has 5 nitrogen and oxygen atoms in total. The van der Waals surface area contributed by atoms with Gasteiger partial charge in [0.15, 0.2) is 5.65 Å². The Morgan fingerprint density at radius 1 is 0.880 bits per heavy atom. The van der Waals surface area contributed by atoms with E-state index < -0.39 is 0 Å². The van der Waals surface area contributed by atoms with Gasteiger partial charge in [0.05, 0.1) is 5.39 Å². The number of anilines is 2. The lowest BCUT2D eigenvalue weighted by molar-refractivity contribution is 1.19. The van der Waals surface area contributed by atoms with E-state index in [-0.39, 0.29) is 5.95 Å². The molecule has 0 saturated heterocycles. The van der Waals surface area contributed by atoms with Crippen LogP contribution in [0.4, 0.5) is 11.8 Å². The van der Waals surface area contributed by atoms with E-state index in [9.17, 15) is 0 Å². The third-order valence-corrected chi connectivity index (χ3v) is 4.33. The van der Waals surface area contributed by atoms with Crippen molar-refractivity contribution in [1.82, 2.24) is 15.0 Å². The van der Waals surface area contributed by atoms with Gasteiger partial charge in [-0.15, -0.1) is 0 Å². The number of nitrogens with two attached hydrogens (primary N) is 2. The highest BCUT2D eigenvalue weighted by molar-refractivity contribution is 5.95. The summed E-state index contributed by atoms with van der Waals surface area (Å²) >= 11 is 0. The van der Waals surface area contributed by atoms with Crippen molar-refractivity contribution in [3.63, 3.8) is 0 Å². The van der Waals surface area contributed by atoms with Crippen LogP contribution in [0.25, 0.3) is 34.0 Å². The standard InChI is InChI=1S/C20H17N5/c1-12-15(11-23-19-17(12)18(21)24-20(22)25-19)10-9-14-7-4-6-13-5-2-3-8-16(13)14/h2-11H,1H3,(H4,21,22,23,24,25)/b10-9+. The summed E-state index contributed by atoms with van der Waals surface area (Å²) in [7, 11) is 0. The lowest BCUT2D eigenvalue weighted by Crippen LogP contribution is -2.03. The highest BCUT2D eigenvalue weighted by Crippen LogP contribution is 2.26. The van der Waals surface area contributed by atoms with E-state index in [0.717, 1.165) is 22.1 Å². The van der Waals surface area contributed by atoms with Gasteiger partial charge < -0.3 is 11.5 Å². The van der Waals surface area contributed by atoms with E-state index in [1.54, 1.807) is 6.20 Å². The van der Waals surface area contributed by atoms with Crippen molar-refractivity contribution in [3.05, 3.63) is 65.4 Å². The molecule has 2 aromatic heterocycles. The van der Waals surface area contributed by atoms with E-state index >= 15 is 0 Å². The van der Waals surface area contributed by atoms with Crippen LogP contribution in [0.3, 0.4) is 0 Å². The van der Waals surface area contributed by atoms with E-state index in [1.165, 1.54) is 10.8 Å². The second-order valence-electron chi connectivity index (χ2n) is 5.91. The van der Waals surface area contributed by atoms with Crippen LogP contribution in [-0.2, 0) is 0 Å². The second kappa shape index (κ2) is 5.87. The SMILES string of the molecule is Cc1c(/C=C/c2cccc3ccccc23)cnc2nc(N)nc(N)c12. The molecule has 2 heterocycles. The fourth-order valence-corrected chi connectivity index (χ4v) is 3.05. The molecule has 0 spiro atoms. The number of nitrogens with zero attached hydrogens (tertiary/aromatic N) is 3. The smallest absolute Gasteiger partial charge is 0.224 e. The highest BCUT2D eigenvalue weighted by Gasteiger charge is 2.10. The topological polar surface area (TPSA) is 90.7 Å². The highest BCUT2D eigenvalue weighted by atomic mass is 15.1. The first-order chi connectivity index (χ1) is 12.1. The minimum Gasteiger partial charge on any atom is -0.383 e. The predicted octanol–water partition coefficient (Wildman–Crippen LogP) is 3.82. The molecule has 0 aliphatic rings. The van der Waals surface area contributed by atoms with E-state index in [4.69, 9.17) is 11.5 Å². The summed E-state index contributed by atoms with van der Waals surface area (Å²) in [5.74, 6) is 0.490. The van der Waals surface area contributed by atoms with Gasteiger partial charge in [-0.25, -0.2) is 4.98 Å². The first-order valence-corrected chi connectivity index (χ1v) is 7.97. The van der Waals surface area contributed by atoms with Crippen LogP contribution >= 0.6 is 0 Å². The van der Waals surface area contributed by atoms with Crippen LogP contribution < -0.4 is 11.5 Å². The summed E-state index contributed by atoms with van der Waals surface area (Å²) in [4.78, 5) is 12.6. The van der Waals surface area contributed by atoms with Gasteiger partial charge in [-0.1, -0.05) is 54.6 Å². The van der Waals surface area contributed by atoms with Crippen LogP contribution in [0, 0.1) is 6.92 Å². The van der Waals surface area contributed by atoms with Crippen LogP contribution in [0.2, 0.25) is 0 Å². The van der Waals surface area contributed by atoms with Crippen LogP contribution in [-0.4, -0.2) is 15.0 Å². The number of aromatic nitrogens is 3. The molecule has 0 atom stereocenters. The zero-order chi connectivity index (χ0) is 17.4. The average molecular weight is 327 g/mol. The summed E-state index contributed by atoms with van der Waals surface area (Å²) in [5, 5.41) is 3.17. The van der Waals surface area contributed by atoms with Crippen molar-refractivity contribution in [2.45, 2.75) is 6.92 Å². The predicted molar refractivity (Wildman–Crippen MR) is 104 cm³/mol. The zero-order valence-corrected chi connectivity index (χ0v) is 13.8. The molecule has 4 N–H and O–H groups in total. The van der Waals surface area contributed by atoms with E-state index in [1.807, 2.05) is 25.1 Å². The van der Waals surface area contributed by atoms with Gasteiger partial charge in [-0.05, 0) is 34.4 Å². The number of nitrogen functional groups attached to an aromatic ring is 2. The molecule has 0 aliphatic heterocycles. The molecule has 4 aromatic rings. The van der Waals surface area contributed by atoms with Crippen LogP contribution in [0.5, 0.6) is 0 Å². The number of rotatable bonds is 2. The fourth-order valence-electron chi connectivity index (χ4n) is 3.05. The van der Waals surface area contributed by atoms with E-state index in [0.29, 0.717) is 11.5 Å². The molecule has 0 radical (unpaired) electrons. The Morgan fingerprint density at radius 2 is 1.64 bits per heavy atom. The molecule has 0 saturated carbocycles. The third-order valence-electron chi connectivity index (χ3n) is 4.33. The first-order valence-electron chi connectivity index (χ1n) is 7.97. The Hall–Kier alpha value is -3.47. The summed E-state index contributed by atoms with van der Waals surface area (Å²) in [6, 6.07) is 14.6. The first kappa shape index (κ1) is 15.1. The third kappa shape index (κ3) is 2.65. The Morgan fingerprint density at radius 3 is 2.52 bits per heavy atom. The second-order valence-corrected chi connectivity index (χ2v) is 5.91. The van der Waals surface area contributed by atoms with Crippen LogP contribution in [0.15, 0.2) is 48.7 Å². The van der Waals surface area contributed by atoms with Gasteiger partial charge in [0.25, 0.3) is 0 Å². The lowest BCUT2D eigenvalue weighted by Gasteiger charge is -2.08. The number of hydrogen-bond acceptors (Lipinski definition) is 5. The van der Waals surface area contributed by atoms with Crippen molar-refractivity contribution < 1.29 is 0 Å². The Bertz CT molecular complexity index is 1130. The molecule has 122 valence electrons. The molecule has 4 rings (SSSR count). The zero-order valence-electron chi connectivity index (χ0n) is 13.8. The largest absolute Gasteiger partial charge is 0.383 e. The molecule has 25 heavy (non-hydrogen) atoms. The fraction of sp³-hybridized carbons (Fsp3) is 0.0500. The van der Waals surface area contributed by atoms with Crippen molar-refractivity contribution in [1.29, 1.82) is 0 Å². The monoisotopic (exact) mass is 327 g/mol. The van der Waals surface area contributed by atoms with Gasteiger partial charge in [0.1, 0.15) is 5.82 Å². The number of aryl methyl sites for hydroxylation is 1. The molecular weight excluding hydrogens is 310 g/mol. The molecular formula is C20H17N5. The number of pyridine rings is 1. The van der Waals surface area contributed by atoms with Gasteiger partial charge in [0.2, 0.25) is 5.95 Å². The summed E-state index contributed by atoms with van der Waals surface area (Å²) in [6.07, 6.45) is 5.91. The molecule has 0 amide bonds. The summed E-state index contributed by atoms with van der Waals surface area (Å²) in [6.45, 7) is 1.99. The minimum absolute atomic E-state index is 0.135. The molecule has 0 unspecified atom stereocenters. The molecule has 0 fully saturated rings. The van der Waals surface area contributed by atoms with Crippen molar-refractivity contribution in [3.8, 4) is 0 Å². The maximum absolute atomic E-state index is 6.01. The molecule has 5 heteroatoms. The van der Waals surface area contributed by atoms with Crippen molar-refractivity contribution in [2.75, 3.05) is 11.5 Å². The van der Waals surface area contributed by atoms with Crippen molar-refractivity contribution >= 4 is 45.7 Å². The van der Waals surface area contributed by atoms with Crippen LogP contribution in [0.1, 0.15) is 16.7 Å². The quantitative estimate of drug-likeness (QED) is 0.584. The molecule has 0 bridgehead atoms. The Balaban J connectivity index is 1.83. The average Bonchev–Trinajstić information content (AvgIpc) is 2.60. The number of benzene rings is 2. The Labute approximate surface area is 145 Å². The maximum Gasteiger partial charge on any atom is 0.224 e. The molecule has 0 aliphatic carbocycles. The van der Waals surface area contributed by atoms with Gasteiger partial charge in [-0.3, -0.25) is 0 Å².